The molecule has 1 unspecified atom stereocenters. The van der Waals surface area contributed by atoms with E-state index < -0.39 is 0 Å². The average molecular weight is 311 g/mol. The van der Waals surface area contributed by atoms with Crippen LogP contribution in [0.1, 0.15) is 43.7 Å². The molecule has 1 saturated heterocycles. The molecule has 0 bridgehead atoms. The first kappa shape index (κ1) is 14.4. The fourth-order valence-corrected chi connectivity index (χ4v) is 3.50. The molecule has 1 saturated carbocycles. The third-order valence-electron chi connectivity index (χ3n) is 5.04. The molecule has 0 N–H and O–H groups in total. The maximum atomic E-state index is 11.9. The number of nitrogens with zero attached hydrogens (tertiary/aromatic N) is 5. The molecule has 2 aromatic rings. The van der Waals surface area contributed by atoms with E-state index in [1.54, 1.807) is 29.3 Å². The summed E-state index contributed by atoms with van der Waals surface area (Å²) in [6.07, 6.45) is 9.32. The van der Waals surface area contributed by atoms with Crippen molar-refractivity contribution in [1.82, 2.24) is 19.7 Å². The van der Waals surface area contributed by atoms with Crippen LogP contribution in [0.3, 0.4) is 0 Å². The Kier molecular flexibility index (Phi) is 3.81. The Morgan fingerprint density at radius 1 is 1.17 bits per heavy atom. The second kappa shape index (κ2) is 6.10. The molecular formula is C17H21N5O. The predicted molar refractivity (Wildman–Crippen MR) is 87.5 cm³/mol. The summed E-state index contributed by atoms with van der Waals surface area (Å²) >= 11 is 0. The van der Waals surface area contributed by atoms with E-state index in [0.717, 1.165) is 25.2 Å². The molecule has 23 heavy (non-hydrogen) atoms. The Hall–Kier alpha value is -2.24. The van der Waals surface area contributed by atoms with Crippen LogP contribution in [0.15, 0.2) is 35.5 Å². The Morgan fingerprint density at radius 3 is 2.87 bits per heavy atom. The number of anilines is 1. The molecule has 1 aliphatic carbocycles. The van der Waals surface area contributed by atoms with Crippen LogP contribution in [0, 0.1) is 0 Å². The van der Waals surface area contributed by atoms with E-state index in [4.69, 9.17) is 0 Å². The summed E-state index contributed by atoms with van der Waals surface area (Å²) in [4.78, 5) is 23.1. The SMILES string of the molecule is O=c1cccnn1CC1CCCN1c1cc(C2CCC2)ncn1. The molecular weight excluding hydrogens is 290 g/mol. The summed E-state index contributed by atoms with van der Waals surface area (Å²) in [6, 6.07) is 5.65. The quantitative estimate of drug-likeness (QED) is 0.864. The van der Waals surface area contributed by atoms with E-state index in [1.165, 1.54) is 25.0 Å². The highest BCUT2D eigenvalue weighted by Gasteiger charge is 2.28. The Morgan fingerprint density at radius 2 is 2.09 bits per heavy atom. The van der Waals surface area contributed by atoms with E-state index in [1.807, 2.05) is 0 Å². The zero-order valence-corrected chi connectivity index (χ0v) is 13.1. The summed E-state index contributed by atoms with van der Waals surface area (Å²) in [5, 5.41) is 4.18. The van der Waals surface area contributed by atoms with Crippen LogP contribution in [0.25, 0.3) is 0 Å². The van der Waals surface area contributed by atoms with Gasteiger partial charge in [0.25, 0.3) is 5.56 Å². The van der Waals surface area contributed by atoms with Crippen LogP contribution in [0.4, 0.5) is 5.82 Å². The summed E-state index contributed by atoms with van der Waals surface area (Å²) in [6.45, 7) is 1.59. The van der Waals surface area contributed by atoms with Crippen molar-refractivity contribution in [2.24, 2.45) is 0 Å². The standard InChI is InChI=1S/C17H21N5O/c23-17-7-2-8-20-22(17)11-14-6-3-9-21(14)16-10-15(18-12-19-16)13-4-1-5-13/h2,7-8,10,12-14H,1,3-6,9,11H2. The summed E-state index contributed by atoms with van der Waals surface area (Å²) < 4.78 is 1.55. The Balaban J connectivity index is 1.55. The molecule has 3 heterocycles. The molecule has 2 aromatic heterocycles. The first-order chi connectivity index (χ1) is 11.3. The lowest BCUT2D eigenvalue weighted by molar-refractivity contribution is 0.410. The number of hydrogen-bond donors (Lipinski definition) is 0. The van der Waals surface area contributed by atoms with Gasteiger partial charge in [0.15, 0.2) is 0 Å². The maximum absolute atomic E-state index is 11.9. The van der Waals surface area contributed by atoms with Gasteiger partial charge in [-0.2, -0.15) is 5.10 Å². The van der Waals surface area contributed by atoms with Crippen molar-refractivity contribution >= 4 is 5.82 Å². The van der Waals surface area contributed by atoms with Gasteiger partial charge < -0.3 is 4.90 Å². The van der Waals surface area contributed by atoms with Crippen LogP contribution < -0.4 is 10.5 Å². The number of aromatic nitrogens is 4. The largest absolute Gasteiger partial charge is 0.352 e. The average Bonchev–Trinajstić information content (AvgIpc) is 2.96. The van der Waals surface area contributed by atoms with Gasteiger partial charge in [-0.3, -0.25) is 4.79 Å². The molecule has 0 spiro atoms. The van der Waals surface area contributed by atoms with Crippen LogP contribution >= 0.6 is 0 Å². The third-order valence-corrected chi connectivity index (χ3v) is 5.04. The van der Waals surface area contributed by atoms with Crippen molar-refractivity contribution in [1.29, 1.82) is 0 Å². The van der Waals surface area contributed by atoms with E-state index >= 15 is 0 Å². The van der Waals surface area contributed by atoms with Gasteiger partial charge in [0.1, 0.15) is 12.1 Å². The molecule has 0 amide bonds. The molecule has 0 aromatic carbocycles. The van der Waals surface area contributed by atoms with Gasteiger partial charge in [-0.25, -0.2) is 14.6 Å². The molecule has 0 radical (unpaired) electrons. The minimum atomic E-state index is -0.0443. The highest BCUT2D eigenvalue weighted by Crippen LogP contribution is 2.36. The Labute approximate surface area is 135 Å². The monoisotopic (exact) mass is 311 g/mol. The van der Waals surface area contributed by atoms with Gasteiger partial charge in [0.2, 0.25) is 0 Å². The van der Waals surface area contributed by atoms with E-state index in [9.17, 15) is 4.79 Å². The molecule has 2 fully saturated rings. The molecule has 4 rings (SSSR count). The van der Waals surface area contributed by atoms with Gasteiger partial charge >= 0.3 is 0 Å². The summed E-state index contributed by atoms with van der Waals surface area (Å²) in [5.74, 6) is 1.60. The normalized spacial score (nSPS) is 21.4. The third kappa shape index (κ3) is 2.85. The van der Waals surface area contributed by atoms with Gasteiger partial charge in [-0.15, -0.1) is 0 Å². The first-order valence-electron chi connectivity index (χ1n) is 8.42. The van der Waals surface area contributed by atoms with Crippen molar-refractivity contribution in [3.63, 3.8) is 0 Å². The van der Waals surface area contributed by atoms with Crippen molar-refractivity contribution in [3.05, 3.63) is 46.8 Å². The minimum absolute atomic E-state index is 0.0443. The van der Waals surface area contributed by atoms with Gasteiger partial charge in [0.05, 0.1) is 12.6 Å². The number of rotatable bonds is 4. The van der Waals surface area contributed by atoms with E-state index in [-0.39, 0.29) is 11.6 Å². The van der Waals surface area contributed by atoms with Gasteiger partial charge in [0, 0.05) is 36.5 Å². The summed E-state index contributed by atoms with van der Waals surface area (Å²) in [5.41, 5.74) is 1.12. The van der Waals surface area contributed by atoms with Gasteiger partial charge in [-0.05, 0) is 31.7 Å². The molecule has 6 nitrogen and oxygen atoms in total. The van der Waals surface area contributed by atoms with Crippen molar-refractivity contribution in [3.8, 4) is 0 Å². The van der Waals surface area contributed by atoms with Crippen LogP contribution in [-0.4, -0.2) is 32.3 Å². The first-order valence-corrected chi connectivity index (χ1v) is 8.42. The zero-order valence-electron chi connectivity index (χ0n) is 13.1. The topological polar surface area (TPSA) is 63.9 Å². The smallest absolute Gasteiger partial charge is 0.266 e. The van der Waals surface area contributed by atoms with Gasteiger partial charge in [-0.1, -0.05) is 6.42 Å². The lowest BCUT2D eigenvalue weighted by Gasteiger charge is -2.28. The molecule has 1 aliphatic heterocycles. The van der Waals surface area contributed by atoms with Crippen molar-refractivity contribution in [2.45, 2.75) is 50.6 Å². The van der Waals surface area contributed by atoms with Crippen LogP contribution in [0.2, 0.25) is 0 Å². The number of hydrogen-bond acceptors (Lipinski definition) is 5. The molecule has 120 valence electrons. The fourth-order valence-electron chi connectivity index (χ4n) is 3.50. The lowest BCUT2D eigenvalue weighted by Crippen LogP contribution is -2.37. The zero-order chi connectivity index (χ0) is 15.6. The Bertz CT molecular complexity index is 740. The van der Waals surface area contributed by atoms with Crippen molar-refractivity contribution < 1.29 is 0 Å². The fraction of sp³-hybridized carbons (Fsp3) is 0.529. The lowest BCUT2D eigenvalue weighted by atomic mass is 9.83. The highest BCUT2D eigenvalue weighted by atomic mass is 16.1. The predicted octanol–water partition coefficient (Wildman–Crippen LogP) is 1.97. The second-order valence-corrected chi connectivity index (χ2v) is 6.46. The molecule has 1 atom stereocenters. The van der Waals surface area contributed by atoms with E-state index in [2.05, 4.69) is 26.0 Å². The maximum Gasteiger partial charge on any atom is 0.266 e. The van der Waals surface area contributed by atoms with E-state index in [0.29, 0.717) is 12.5 Å². The molecule has 6 heteroatoms. The van der Waals surface area contributed by atoms with Crippen LogP contribution in [-0.2, 0) is 6.54 Å². The summed E-state index contributed by atoms with van der Waals surface area (Å²) in [7, 11) is 0. The van der Waals surface area contributed by atoms with Crippen molar-refractivity contribution in [2.75, 3.05) is 11.4 Å². The highest BCUT2D eigenvalue weighted by molar-refractivity contribution is 5.42. The molecule has 2 aliphatic rings. The second-order valence-electron chi connectivity index (χ2n) is 6.46. The van der Waals surface area contributed by atoms with Crippen LogP contribution in [0.5, 0.6) is 0 Å². The minimum Gasteiger partial charge on any atom is -0.352 e.